The van der Waals surface area contributed by atoms with Crippen LogP contribution in [-0.4, -0.2) is 76.0 Å². The van der Waals surface area contributed by atoms with Gasteiger partial charge in [0, 0.05) is 50.9 Å². The second-order valence-electron chi connectivity index (χ2n) is 6.66. The number of nitrogens with one attached hydrogen (secondary N) is 1. The molecule has 144 valence electrons. The smallest absolute Gasteiger partial charge is 0.337 e. The number of carbonyl (C=O) groups excluding carboxylic acids is 1. The maximum absolute atomic E-state index is 14.2. The number of rotatable bonds is 4. The van der Waals surface area contributed by atoms with Gasteiger partial charge < -0.3 is 10.1 Å². The van der Waals surface area contributed by atoms with Crippen LogP contribution in [0.3, 0.4) is 0 Å². The second-order valence-corrected chi connectivity index (χ2v) is 8.57. The van der Waals surface area contributed by atoms with E-state index in [0.29, 0.717) is 13.1 Å². The molecule has 0 aliphatic carbocycles. The van der Waals surface area contributed by atoms with Gasteiger partial charge in [0.05, 0.1) is 17.6 Å². The molecule has 2 heterocycles. The fourth-order valence-electron chi connectivity index (χ4n) is 3.57. The first kappa shape index (κ1) is 19.2. The normalized spacial score (nSPS) is 22.5. The van der Waals surface area contributed by atoms with E-state index in [2.05, 4.69) is 15.0 Å². The molecule has 1 unspecified atom stereocenters. The predicted octanol–water partition coefficient (Wildman–Crippen LogP) is 0.589. The largest absolute Gasteiger partial charge is 0.465 e. The van der Waals surface area contributed by atoms with Crippen molar-refractivity contribution in [3.8, 4) is 0 Å². The molecule has 1 N–H and O–H groups in total. The SMILES string of the molecule is COC(=O)c1cc(F)c(C)c(S(=O)(=O)N2CCC(N3CCNCC3)C2)c1. The number of sulfonamides is 1. The molecular weight excluding hydrogens is 361 g/mol. The first-order chi connectivity index (χ1) is 12.3. The van der Waals surface area contributed by atoms with Crippen molar-refractivity contribution in [1.29, 1.82) is 0 Å². The first-order valence-electron chi connectivity index (χ1n) is 8.68. The lowest BCUT2D eigenvalue weighted by Gasteiger charge is -2.32. The van der Waals surface area contributed by atoms with Gasteiger partial charge in [-0.05, 0) is 25.5 Å². The highest BCUT2D eigenvalue weighted by molar-refractivity contribution is 7.89. The third kappa shape index (κ3) is 3.62. The Kier molecular flexibility index (Phi) is 5.61. The summed E-state index contributed by atoms with van der Waals surface area (Å²) in [6.07, 6.45) is 0.747. The number of hydrogen-bond donors (Lipinski definition) is 1. The summed E-state index contributed by atoms with van der Waals surface area (Å²) >= 11 is 0. The van der Waals surface area contributed by atoms with Crippen LogP contribution in [0.2, 0.25) is 0 Å². The summed E-state index contributed by atoms with van der Waals surface area (Å²) in [7, 11) is -2.71. The van der Waals surface area contributed by atoms with Crippen LogP contribution in [0.5, 0.6) is 0 Å². The van der Waals surface area contributed by atoms with Crippen LogP contribution in [0.15, 0.2) is 17.0 Å². The molecular formula is C17H24FN3O4S. The zero-order valence-electron chi connectivity index (χ0n) is 15.0. The zero-order chi connectivity index (χ0) is 18.9. The van der Waals surface area contributed by atoms with E-state index in [-0.39, 0.29) is 22.1 Å². The van der Waals surface area contributed by atoms with Crippen molar-refractivity contribution in [1.82, 2.24) is 14.5 Å². The van der Waals surface area contributed by atoms with Crippen LogP contribution < -0.4 is 5.32 Å². The van der Waals surface area contributed by atoms with Gasteiger partial charge in [-0.2, -0.15) is 4.31 Å². The molecule has 3 rings (SSSR count). The van der Waals surface area contributed by atoms with E-state index >= 15 is 0 Å². The van der Waals surface area contributed by atoms with Gasteiger partial charge in [-0.25, -0.2) is 17.6 Å². The molecule has 1 aromatic rings. The maximum Gasteiger partial charge on any atom is 0.337 e. The molecule has 0 amide bonds. The van der Waals surface area contributed by atoms with Crippen LogP contribution >= 0.6 is 0 Å². The molecule has 2 saturated heterocycles. The Morgan fingerprint density at radius 3 is 2.62 bits per heavy atom. The molecule has 26 heavy (non-hydrogen) atoms. The van der Waals surface area contributed by atoms with Gasteiger partial charge >= 0.3 is 5.97 Å². The number of benzene rings is 1. The summed E-state index contributed by atoms with van der Waals surface area (Å²) in [4.78, 5) is 13.9. The highest BCUT2D eigenvalue weighted by Crippen LogP contribution is 2.28. The van der Waals surface area contributed by atoms with E-state index in [9.17, 15) is 17.6 Å². The Morgan fingerprint density at radius 1 is 1.27 bits per heavy atom. The van der Waals surface area contributed by atoms with Crippen molar-refractivity contribution < 1.29 is 22.3 Å². The third-order valence-corrected chi connectivity index (χ3v) is 7.12. The fraction of sp³-hybridized carbons (Fsp3) is 0.588. The Hall–Kier alpha value is -1.55. The van der Waals surface area contributed by atoms with Gasteiger partial charge in [0.15, 0.2) is 0 Å². The Bertz CT molecular complexity index is 793. The topological polar surface area (TPSA) is 79.0 Å². The molecule has 0 aromatic heterocycles. The Labute approximate surface area is 153 Å². The lowest BCUT2D eigenvalue weighted by Crippen LogP contribution is -2.49. The van der Waals surface area contributed by atoms with Gasteiger partial charge in [-0.15, -0.1) is 0 Å². The first-order valence-corrected chi connectivity index (χ1v) is 10.1. The Balaban J connectivity index is 1.86. The predicted molar refractivity (Wildman–Crippen MR) is 94.1 cm³/mol. The van der Waals surface area contributed by atoms with Crippen LogP contribution in [0.25, 0.3) is 0 Å². The number of nitrogens with zero attached hydrogens (tertiary/aromatic N) is 2. The molecule has 0 bridgehead atoms. The minimum absolute atomic E-state index is 0.0169. The van der Waals surface area contributed by atoms with E-state index in [4.69, 9.17) is 0 Å². The average Bonchev–Trinajstić information content (AvgIpc) is 3.14. The van der Waals surface area contributed by atoms with Crippen LogP contribution in [0.1, 0.15) is 22.3 Å². The summed E-state index contributed by atoms with van der Waals surface area (Å²) in [5, 5.41) is 3.28. The highest BCUT2D eigenvalue weighted by atomic mass is 32.2. The zero-order valence-corrected chi connectivity index (χ0v) is 15.8. The summed E-state index contributed by atoms with van der Waals surface area (Å²) in [6.45, 7) is 5.76. The van der Waals surface area contributed by atoms with Crippen molar-refractivity contribution >= 4 is 16.0 Å². The van der Waals surface area contributed by atoms with Crippen molar-refractivity contribution in [3.05, 3.63) is 29.1 Å². The van der Waals surface area contributed by atoms with Crippen molar-refractivity contribution in [3.63, 3.8) is 0 Å². The summed E-state index contributed by atoms with van der Waals surface area (Å²) in [5.41, 5.74) is -0.0877. The molecule has 1 aromatic carbocycles. The van der Waals surface area contributed by atoms with E-state index in [0.717, 1.165) is 38.7 Å². The minimum atomic E-state index is -3.88. The number of ether oxygens (including phenoxy) is 1. The number of hydrogen-bond acceptors (Lipinski definition) is 6. The third-order valence-electron chi connectivity index (χ3n) is 5.13. The van der Waals surface area contributed by atoms with E-state index in [1.165, 1.54) is 24.4 Å². The van der Waals surface area contributed by atoms with Crippen LogP contribution in [-0.2, 0) is 14.8 Å². The average molecular weight is 385 g/mol. The van der Waals surface area contributed by atoms with Gasteiger partial charge in [0.25, 0.3) is 0 Å². The number of carbonyl (C=O) groups is 1. The summed E-state index contributed by atoms with van der Waals surface area (Å²) in [6, 6.07) is 2.38. The Morgan fingerprint density at radius 2 is 1.96 bits per heavy atom. The fourth-order valence-corrected chi connectivity index (χ4v) is 5.32. The highest BCUT2D eigenvalue weighted by Gasteiger charge is 2.37. The molecule has 2 aliphatic rings. The summed E-state index contributed by atoms with van der Waals surface area (Å²) in [5.74, 6) is -1.50. The van der Waals surface area contributed by atoms with E-state index in [1.54, 1.807) is 0 Å². The van der Waals surface area contributed by atoms with Gasteiger partial charge in [0.2, 0.25) is 10.0 Å². The molecule has 0 radical (unpaired) electrons. The van der Waals surface area contributed by atoms with E-state index < -0.39 is 21.8 Å². The number of esters is 1. The van der Waals surface area contributed by atoms with Crippen molar-refractivity contribution in [2.75, 3.05) is 46.4 Å². The van der Waals surface area contributed by atoms with Crippen LogP contribution in [0, 0.1) is 12.7 Å². The number of halogens is 1. The summed E-state index contributed by atoms with van der Waals surface area (Å²) < 4.78 is 46.4. The lowest BCUT2D eigenvalue weighted by atomic mass is 10.1. The monoisotopic (exact) mass is 385 g/mol. The molecule has 1 atom stereocenters. The maximum atomic E-state index is 14.2. The molecule has 9 heteroatoms. The van der Waals surface area contributed by atoms with Gasteiger partial charge in [-0.1, -0.05) is 0 Å². The van der Waals surface area contributed by atoms with E-state index in [1.807, 2.05) is 0 Å². The molecule has 2 aliphatic heterocycles. The molecule has 2 fully saturated rings. The second kappa shape index (κ2) is 7.59. The minimum Gasteiger partial charge on any atom is -0.465 e. The quantitative estimate of drug-likeness (QED) is 0.765. The number of piperazine rings is 1. The van der Waals surface area contributed by atoms with Gasteiger partial charge in [0.1, 0.15) is 5.82 Å². The van der Waals surface area contributed by atoms with Crippen molar-refractivity contribution in [2.45, 2.75) is 24.3 Å². The number of methoxy groups -OCH3 is 1. The molecule has 0 spiro atoms. The lowest BCUT2D eigenvalue weighted by molar-refractivity contribution is 0.0600. The van der Waals surface area contributed by atoms with Crippen LogP contribution in [0.4, 0.5) is 4.39 Å². The molecule has 7 nitrogen and oxygen atoms in total. The molecule has 0 saturated carbocycles. The van der Waals surface area contributed by atoms with Gasteiger partial charge in [-0.3, -0.25) is 4.90 Å². The van der Waals surface area contributed by atoms with Crippen molar-refractivity contribution in [2.24, 2.45) is 0 Å². The standard InChI is InChI=1S/C17H24FN3O4S/c1-12-15(18)9-13(17(22)25-2)10-16(12)26(23,24)21-6-3-14(11-21)20-7-4-19-5-8-20/h9-10,14,19H,3-8,11H2,1-2H3.